The fourth-order valence-electron chi connectivity index (χ4n) is 2.09. The minimum Gasteiger partial charge on any atom is -0.465 e. The molecule has 2 rings (SSSR count). The van der Waals surface area contributed by atoms with Gasteiger partial charge in [0, 0.05) is 11.0 Å². The molecule has 19 heavy (non-hydrogen) atoms. The number of esters is 1. The summed E-state index contributed by atoms with van der Waals surface area (Å²) in [6, 6.07) is 5.58. The average molecular weight is 344 g/mol. The van der Waals surface area contributed by atoms with Crippen molar-refractivity contribution in [2.75, 3.05) is 25.2 Å². The first-order valence-corrected chi connectivity index (χ1v) is 8.30. The molecule has 104 valence electrons. The third kappa shape index (κ3) is 4.23. The van der Waals surface area contributed by atoms with E-state index < -0.39 is 0 Å². The van der Waals surface area contributed by atoms with Crippen LogP contribution in [0.5, 0.6) is 0 Å². The monoisotopic (exact) mass is 343 g/mol. The lowest BCUT2D eigenvalue weighted by Gasteiger charge is -2.11. The minimum absolute atomic E-state index is 0.303. The third-order valence-corrected chi connectivity index (χ3v) is 5.22. The number of thioether (sulfide) groups is 1. The third-order valence-electron chi connectivity index (χ3n) is 3.25. The molecular formula is C14H18BrNO2S. The number of carbonyl (C=O) groups is 1. The van der Waals surface area contributed by atoms with Crippen LogP contribution in [-0.2, 0) is 11.3 Å². The maximum absolute atomic E-state index is 11.4. The molecule has 1 aliphatic heterocycles. The summed E-state index contributed by atoms with van der Waals surface area (Å²) in [5, 5.41) is 3.49. The molecule has 0 aromatic heterocycles. The first-order valence-electron chi connectivity index (χ1n) is 6.36. The van der Waals surface area contributed by atoms with E-state index in [0.29, 0.717) is 5.56 Å². The van der Waals surface area contributed by atoms with Crippen LogP contribution in [0.25, 0.3) is 0 Å². The minimum atomic E-state index is -0.303. The van der Waals surface area contributed by atoms with Crippen LogP contribution < -0.4 is 5.32 Å². The average Bonchev–Trinajstić information content (AvgIpc) is 2.93. The maximum atomic E-state index is 11.4. The standard InChI is InChI=1S/C14H18BrNO2S/c1-18-14(17)11-2-3-12(13(15)6-11)8-16-7-10-4-5-19-9-10/h2-3,6,10,16H,4-5,7-9H2,1H3. The second-order valence-electron chi connectivity index (χ2n) is 4.66. The van der Waals surface area contributed by atoms with Crippen LogP contribution in [0, 0.1) is 5.92 Å². The SMILES string of the molecule is COC(=O)c1ccc(CNCC2CCSC2)c(Br)c1. The Labute approximate surface area is 126 Å². The first kappa shape index (κ1) is 14.9. The summed E-state index contributed by atoms with van der Waals surface area (Å²) in [4.78, 5) is 11.4. The van der Waals surface area contributed by atoms with Gasteiger partial charge in [0.25, 0.3) is 0 Å². The van der Waals surface area contributed by atoms with Gasteiger partial charge in [-0.1, -0.05) is 22.0 Å². The second kappa shape index (κ2) is 7.31. The van der Waals surface area contributed by atoms with Gasteiger partial charge in [-0.25, -0.2) is 4.79 Å². The van der Waals surface area contributed by atoms with Gasteiger partial charge in [-0.3, -0.25) is 0 Å². The highest BCUT2D eigenvalue weighted by Crippen LogP contribution is 2.23. The summed E-state index contributed by atoms with van der Waals surface area (Å²) in [6.45, 7) is 1.89. The van der Waals surface area contributed by atoms with Crippen LogP contribution in [0.1, 0.15) is 22.3 Å². The smallest absolute Gasteiger partial charge is 0.337 e. The van der Waals surface area contributed by atoms with Gasteiger partial charge in [0.1, 0.15) is 0 Å². The molecule has 5 heteroatoms. The fraction of sp³-hybridized carbons (Fsp3) is 0.500. The second-order valence-corrected chi connectivity index (χ2v) is 6.66. The van der Waals surface area contributed by atoms with Crippen molar-refractivity contribution in [2.24, 2.45) is 5.92 Å². The summed E-state index contributed by atoms with van der Waals surface area (Å²) < 4.78 is 5.65. The number of hydrogen-bond donors (Lipinski definition) is 1. The molecule has 1 N–H and O–H groups in total. The van der Waals surface area contributed by atoms with E-state index in [0.717, 1.165) is 23.5 Å². The van der Waals surface area contributed by atoms with Gasteiger partial charge < -0.3 is 10.1 Å². The number of halogens is 1. The molecule has 1 aliphatic rings. The van der Waals surface area contributed by atoms with Gasteiger partial charge >= 0.3 is 5.97 Å². The Bertz CT molecular complexity index is 447. The van der Waals surface area contributed by atoms with Crippen molar-refractivity contribution in [2.45, 2.75) is 13.0 Å². The summed E-state index contributed by atoms with van der Waals surface area (Å²) in [7, 11) is 1.39. The molecule has 0 bridgehead atoms. The summed E-state index contributed by atoms with van der Waals surface area (Å²) in [6.07, 6.45) is 1.32. The van der Waals surface area contributed by atoms with Crippen molar-refractivity contribution in [3.63, 3.8) is 0 Å². The fourth-order valence-corrected chi connectivity index (χ4v) is 3.89. The lowest BCUT2D eigenvalue weighted by Crippen LogP contribution is -2.22. The molecule has 1 aromatic rings. The Morgan fingerprint density at radius 3 is 3.05 bits per heavy atom. The molecule has 1 saturated heterocycles. The van der Waals surface area contributed by atoms with E-state index in [1.165, 1.54) is 30.6 Å². The van der Waals surface area contributed by atoms with Crippen molar-refractivity contribution in [1.29, 1.82) is 0 Å². The van der Waals surface area contributed by atoms with E-state index in [4.69, 9.17) is 4.74 Å². The molecule has 1 heterocycles. The molecule has 0 radical (unpaired) electrons. The molecule has 0 aliphatic carbocycles. The van der Waals surface area contributed by atoms with Gasteiger partial charge in [0.15, 0.2) is 0 Å². The number of ether oxygens (including phenoxy) is 1. The molecule has 1 aromatic carbocycles. The number of rotatable bonds is 5. The van der Waals surface area contributed by atoms with Crippen molar-refractivity contribution >= 4 is 33.7 Å². The van der Waals surface area contributed by atoms with E-state index >= 15 is 0 Å². The highest BCUT2D eigenvalue weighted by Gasteiger charge is 2.15. The van der Waals surface area contributed by atoms with Crippen LogP contribution in [0.4, 0.5) is 0 Å². The Hall–Kier alpha value is -0.520. The topological polar surface area (TPSA) is 38.3 Å². The van der Waals surface area contributed by atoms with Gasteiger partial charge in [-0.05, 0) is 48.1 Å². The molecule has 3 nitrogen and oxygen atoms in total. The molecule has 1 fully saturated rings. The van der Waals surface area contributed by atoms with Gasteiger partial charge in [0.05, 0.1) is 12.7 Å². The number of nitrogens with one attached hydrogen (secondary N) is 1. The Kier molecular flexibility index (Phi) is 5.73. The van der Waals surface area contributed by atoms with E-state index in [-0.39, 0.29) is 5.97 Å². The molecule has 0 spiro atoms. The zero-order chi connectivity index (χ0) is 13.7. The Morgan fingerprint density at radius 1 is 1.58 bits per heavy atom. The van der Waals surface area contributed by atoms with E-state index in [2.05, 4.69) is 21.2 Å². The van der Waals surface area contributed by atoms with Crippen molar-refractivity contribution in [3.05, 3.63) is 33.8 Å². The van der Waals surface area contributed by atoms with Gasteiger partial charge in [-0.2, -0.15) is 11.8 Å². The molecule has 1 unspecified atom stereocenters. The predicted molar refractivity (Wildman–Crippen MR) is 82.6 cm³/mol. The molecular weight excluding hydrogens is 326 g/mol. The lowest BCUT2D eigenvalue weighted by molar-refractivity contribution is 0.0600. The van der Waals surface area contributed by atoms with Crippen LogP contribution in [0.15, 0.2) is 22.7 Å². The quantitative estimate of drug-likeness (QED) is 0.833. The van der Waals surface area contributed by atoms with Crippen LogP contribution in [-0.4, -0.2) is 31.1 Å². The number of methoxy groups -OCH3 is 1. The van der Waals surface area contributed by atoms with Gasteiger partial charge in [0.2, 0.25) is 0 Å². The zero-order valence-electron chi connectivity index (χ0n) is 10.9. The predicted octanol–water partition coefficient (Wildman–Crippen LogP) is 3.08. The summed E-state index contributed by atoms with van der Waals surface area (Å²) in [5.41, 5.74) is 1.74. The summed E-state index contributed by atoms with van der Waals surface area (Å²) in [5.74, 6) is 3.07. The van der Waals surface area contributed by atoms with Crippen molar-refractivity contribution in [1.82, 2.24) is 5.32 Å². The molecule has 0 amide bonds. The largest absolute Gasteiger partial charge is 0.465 e. The van der Waals surface area contributed by atoms with E-state index in [1.54, 1.807) is 6.07 Å². The Morgan fingerprint density at radius 2 is 2.42 bits per heavy atom. The highest BCUT2D eigenvalue weighted by molar-refractivity contribution is 9.10. The normalized spacial score (nSPS) is 18.5. The van der Waals surface area contributed by atoms with Crippen molar-refractivity contribution in [3.8, 4) is 0 Å². The number of benzene rings is 1. The van der Waals surface area contributed by atoms with E-state index in [9.17, 15) is 4.79 Å². The summed E-state index contributed by atoms with van der Waals surface area (Å²) >= 11 is 5.55. The molecule has 0 saturated carbocycles. The van der Waals surface area contributed by atoms with E-state index in [1.807, 2.05) is 23.9 Å². The molecule has 1 atom stereocenters. The van der Waals surface area contributed by atoms with Crippen molar-refractivity contribution < 1.29 is 9.53 Å². The highest BCUT2D eigenvalue weighted by atomic mass is 79.9. The number of hydrogen-bond acceptors (Lipinski definition) is 4. The maximum Gasteiger partial charge on any atom is 0.337 e. The van der Waals surface area contributed by atoms with Gasteiger partial charge in [-0.15, -0.1) is 0 Å². The lowest BCUT2D eigenvalue weighted by atomic mass is 10.1. The zero-order valence-corrected chi connectivity index (χ0v) is 13.4. The first-order chi connectivity index (χ1) is 9.20. The number of carbonyl (C=O) groups excluding carboxylic acids is 1. The van der Waals surface area contributed by atoms with Crippen LogP contribution in [0.2, 0.25) is 0 Å². The van der Waals surface area contributed by atoms with Crippen LogP contribution in [0.3, 0.4) is 0 Å². The Balaban J connectivity index is 1.87. The van der Waals surface area contributed by atoms with Crippen LogP contribution >= 0.6 is 27.7 Å².